The highest BCUT2D eigenvalue weighted by atomic mass is 16.5. The monoisotopic (exact) mass is 233 g/mol. The van der Waals surface area contributed by atoms with Crippen molar-refractivity contribution in [2.24, 2.45) is 5.92 Å². The van der Waals surface area contributed by atoms with Crippen molar-refractivity contribution in [1.82, 2.24) is 5.32 Å². The molecule has 1 aromatic carbocycles. The normalized spacial score (nSPS) is 23.5. The lowest BCUT2D eigenvalue weighted by molar-refractivity contribution is 0.168. The van der Waals surface area contributed by atoms with Crippen molar-refractivity contribution in [3.63, 3.8) is 0 Å². The Kier molecular flexibility index (Phi) is 3.72. The SMILES string of the molecule is COc1ccc(CC2(CC(C)C)CCN2)cc1. The summed E-state index contributed by atoms with van der Waals surface area (Å²) in [5, 5.41) is 3.64. The lowest BCUT2D eigenvalue weighted by atomic mass is 9.76. The highest BCUT2D eigenvalue weighted by molar-refractivity contribution is 5.28. The second-order valence-corrected chi connectivity index (χ2v) is 5.58. The van der Waals surface area contributed by atoms with Gasteiger partial charge >= 0.3 is 0 Å². The Morgan fingerprint density at radius 2 is 1.94 bits per heavy atom. The molecule has 0 amide bonds. The van der Waals surface area contributed by atoms with Crippen molar-refractivity contribution < 1.29 is 4.74 Å². The predicted octanol–water partition coefficient (Wildman–Crippen LogP) is 3.02. The molecule has 1 unspecified atom stereocenters. The molecule has 94 valence electrons. The molecule has 2 nitrogen and oxygen atoms in total. The van der Waals surface area contributed by atoms with Crippen molar-refractivity contribution in [2.75, 3.05) is 13.7 Å². The molecule has 1 fully saturated rings. The second-order valence-electron chi connectivity index (χ2n) is 5.58. The molecule has 0 saturated carbocycles. The van der Waals surface area contributed by atoms with Crippen molar-refractivity contribution in [3.8, 4) is 5.75 Å². The quantitative estimate of drug-likeness (QED) is 0.844. The Labute approximate surface area is 104 Å². The summed E-state index contributed by atoms with van der Waals surface area (Å²) in [5.41, 5.74) is 1.75. The van der Waals surface area contributed by atoms with Gasteiger partial charge in [-0.05, 0) is 49.4 Å². The first-order valence-corrected chi connectivity index (χ1v) is 6.51. The van der Waals surface area contributed by atoms with Crippen LogP contribution >= 0.6 is 0 Å². The number of nitrogens with one attached hydrogen (secondary N) is 1. The fourth-order valence-electron chi connectivity index (χ4n) is 2.79. The van der Waals surface area contributed by atoms with Crippen LogP contribution in [-0.4, -0.2) is 19.2 Å². The molecule has 2 heteroatoms. The van der Waals surface area contributed by atoms with Crippen LogP contribution in [0.5, 0.6) is 5.75 Å². The van der Waals surface area contributed by atoms with Gasteiger partial charge in [-0.1, -0.05) is 26.0 Å². The van der Waals surface area contributed by atoms with Gasteiger partial charge in [0.25, 0.3) is 0 Å². The summed E-state index contributed by atoms with van der Waals surface area (Å²) in [6.45, 7) is 5.77. The summed E-state index contributed by atoms with van der Waals surface area (Å²) in [5.74, 6) is 1.69. The largest absolute Gasteiger partial charge is 0.497 e. The van der Waals surface area contributed by atoms with E-state index < -0.39 is 0 Å². The van der Waals surface area contributed by atoms with Gasteiger partial charge in [0.1, 0.15) is 5.75 Å². The summed E-state index contributed by atoms with van der Waals surface area (Å²) < 4.78 is 5.19. The van der Waals surface area contributed by atoms with Crippen LogP contribution in [0.1, 0.15) is 32.3 Å². The molecule has 0 aliphatic carbocycles. The van der Waals surface area contributed by atoms with Crippen molar-refractivity contribution in [2.45, 2.75) is 38.6 Å². The van der Waals surface area contributed by atoms with Crippen LogP contribution in [0, 0.1) is 5.92 Å². The van der Waals surface area contributed by atoms with Gasteiger partial charge in [-0.15, -0.1) is 0 Å². The van der Waals surface area contributed by atoms with Gasteiger partial charge in [-0.2, -0.15) is 0 Å². The smallest absolute Gasteiger partial charge is 0.118 e. The average Bonchev–Trinajstić information content (AvgIpc) is 2.26. The molecule has 1 N–H and O–H groups in total. The van der Waals surface area contributed by atoms with Gasteiger partial charge in [0.05, 0.1) is 7.11 Å². The van der Waals surface area contributed by atoms with Crippen LogP contribution in [0.3, 0.4) is 0 Å². The third-order valence-electron chi connectivity index (χ3n) is 3.60. The molecule has 0 bridgehead atoms. The van der Waals surface area contributed by atoms with Crippen LogP contribution in [0.15, 0.2) is 24.3 Å². The maximum atomic E-state index is 5.19. The summed E-state index contributed by atoms with van der Waals surface area (Å²) >= 11 is 0. The molecular weight excluding hydrogens is 210 g/mol. The van der Waals surface area contributed by atoms with E-state index in [1.54, 1.807) is 7.11 Å². The zero-order valence-corrected chi connectivity index (χ0v) is 11.1. The van der Waals surface area contributed by atoms with Crippen LogP contribution < -0.4 is 10.1 Å². The molecule has 1 aromatic rings. The number of rotatable bonds is 5. The second kappa shape index (κ2) is 5.09. The van der Waals surface area contributed by atoms with Crippen LogP contribution in [0.2, 0.25) is 0 Å². The zero-order valence-electron chi connectivity index (χ0n) is 11.1. The Hall–Kier alpha value is -1.02. The molecule has 2 rings (SSSR count). The summed E-state index contributed by atoms with van der Waals surface area (Å²) in [6, 6.07) is 8.47. The number of ether oxygens (including phenoxy) is 1. The number of benzene rings is 1. The van der Waals surface area contributed by atoms with E-state index in [4.69, 9.17) is 4.74 Å². The maximum Gasteiger partial charge on any atom is 0.118 e. The number of hydrogen-bond acceptors (Lipinski definition) is 2. The van der Waals surface area contributed by atoms with E-state index in [1.807, 2.05) is 0 Å². The average molecular weight is 233 g/mol. The first-order chi connectivity index (χ1) is 8.13. The van der Waals surface area contributed by atoms with Gasteiger partial charge in [-0.3, -0.25) is 0 Å². The minimum atomic E-state index is 0.350. The van der Waals surface area contributed by atoms with Gasteiger partial charge in [0.2, 0.25) is 0 Å². The van der Waals surface area contributed by atoms with Crippen LogP contribution in [-0.2, 0) is 6.42 Å². The third-order valence-corrected chi connectivity index (χ3v) is 3.60. The zero-order chi connectivity index (χ0) is 12.3. The van der Waals surface area contributed by atoms with Crippen LogP contribution in [0.25, 0.3) is 0 Å². The van der Waals surface area contributed by atoms with E-state index >= 15 is 0 Å². The van der Waals surface area contributed by atoms with Crippen molar-refractivity contribution >= 4 is 0 Å². The van der Waals surface area contributed by atoms with E-state index in [0.29, 0.717) is 5.54 Å². The molecule has 1 saturated heterocycles. The Balaban J connectivity index is 2.02. The fraction of sp³-hybridized carbons (Fsp3) is 0.600. The first kappa shape index (κ1) is 12.4. The number of hydrogen-bond donors (Lipinski definition) is 1. The molecule has 17 heavy (non-hydrogen) atoms. The number of methoxy groups -OCH3 is 1. The third kappa shape index (κ3) is 3.01. The summed E-state index contributed by atoms with van der Waals surface area (Å²) in [4.78, 5) is 0. The highest BCUT2D eigenvalue weighted by Gasteiger charge is 2.36. The minimum Gasteiger partial charge on any atom is -0.497 e. The molecule has 1 aliphatic heterocycles. The Morgan fingerprint density at radius 3 is 2.35 bits per heavy atom. The fourth-order valence-corrected chi connectivity index (χ4v) is 2.79. The summed E-state index contributed by atoms with van der Waals surface area (Å²) in [7, 11) is 1.71. The molecule has 0 spiro atoms. The van der Waals surface area contributed by atoms with E-state index in [-0.39, 0.29) is 0 Å². The topological polar surface area (TPSA) is 21.3 Å². The van der Waals surface area contributed by atoms with Crippen molar-refractivity contribution in [1.29, 1.82) is 0 Å². The lowest BCUT2D eigenvalue weighted by Gasteiger charge is -2.45. The standard InChI is InChI=1S/C15H23NO/c1-12(2)10-15(8-9-16-15)11-13-4-6-14(17-3)7-5-13/h4-7,12,16H,8-11H2,1-3H3. The Bertz CT molecular complexity index is 352. The molecular formula is C15H23NO. The maximum absolute atomic E-state index is 5.19. The molecule has 1 atom stereocenters. The highest BCUT2D eigenvalue weighted by Crippen LogP contribution is 2.31. The van der Waals surface area contributed by atoms with E-state index in [1.165, 1.54) is 24.9 Å². The van der Waals surface area contributed by atoms with Gasteiger partial charge in [0, 0.05) is 5.54 Å². The predicted molar refractivity (Wildman–Crippen MR) is 71.5 cm³/mol. The minimum absolute atomic E-state index is 0.350. The van der Waals surface area contributed by atoms with E-state index in [0.717, 1.165) is 18.1 Å². The Morgan fingerprint density at radius 1 is 1.29 bits per heavy atom. The first-order valence-electron chi connectivity index (χ1n) is 6.51. The molecule has 1 aliphatic rings. The van der Waals surface area contributed by atoms with Crippen LogP contribution in [0.4, 0.5) is 0 Å². The van der Waals surface area contributed by atoms with Gasteiger partial charge in [-0.25, -0.2) is 0 Å². The summed E-state index contributed by atoms with van der Waals surface area (Å²) in [6.07, 6.45) is 3.70. The van der Waals surface area contributed by atoms with E-state index in [9.17, 15) is 0 Å². The van der Waals surface area contributed by atoms with Gasteiger partial charge < -0.3 is 10.1 Å². The molecule has 0 aromatic heterocycles. The molecule has 0 radical (unpaired) electrons. The van der Waals surface area contributed by atoms with E-state index in [2.05, 4.69) is 43.4 Å². The van der Waals surface area contributed by atoms with Crippen molar-refractivity contribution in [3.05, 3.63) is 29.8 Å². The van der Waals surface area contributed by atoms with Gasteiger partial charge in [0.15, 0.2) is 0 Å². The lowest BCUT2D eigenvalue weighted by Crippen LogP contribution is -2.59. The molecule has 1 heterocycles.